The number of benzene rings is 4. The molecule has 8 nitrogen and oxygen atoms in total. The summed E-state index contributed by atoms with van der Waals surface area (Å²) in [7, 11) is 1.94. The molecule has 0 saturated carbocycles. The van der Waals surface area contributed by atoms with E-state index in [0.29, 0.717) is 13.2 Å². The van der Waals surface area contributed by atoms with Crippen LogP contribution in [0.4, 0.5) is 5.82 Å². The molecule has 46 heavy (non-hydrogen) atoms. The Labute approximate surface area is 267 Å². The number of hydrogen-bond acceptors (Lipinski definition) is 6. The minimum Gasteiger partial charge on any atom is -0.378 e. The molecule has 1 aliphatic heterocycles. The molecule has 8 heteroatoms. The van der Waals surface area contributed by atoms with Crippen LogP contribution in [-0.4, -0.2) is 55.8 Å². The number of aryl methyl sites for hydroxylation is 1. The Bertz CT molecular complexity index is 2000. The predicted octanol–water partition coefficient (Wildman–Crippen LogP) is 6.57. The summed E-state index contributed by atoms with van der Waals surface area (Å²) in [5.74, 6) is 0.875. The lowest BCUT2D eigenvalue weighted by atomic mass is 9.77. The Morgan fingerprint density at radius 2 is 1.33 bits per heavy atom. The van der Waals surface area contributed by atoms with Crippen LogP contribution in [0, 0.1) is 0 Å². The Kier molecular flexibility index (Phi) is 7.11. The molecule has 0 unspecified atom stereocenters. The van der Waals surface area contributed by atoms with Crippen LogP contribution in [0.25, 0.3) is 33.4 Å². The summed E-state index contributed by atoms with van der Waals surface area (Å²) in [4.78, 5) is 11.7. The van der Waals surface area contributed by atoms with Crippen LogP contribution >= 0.6 is 0 Å². The van der Waals surface area contributed by atoms with E-state index in [1.807, 2.05) is 24.1 Å². The molecule has 0 spiro atoms. The van der Waals surface area contributed by atoms with Gasteiger partial charge in [0.1, 0.15) is 23.4 Å². The zero-order chi connectivity index (χ0) is 30.9. The Balaban J connectivity index is 1.45. The minimum atomic E-state index is -0.782. The molecule has 1 fully saturated rings. The van der Waals surface area contributed by atoms with Gasteiger partial charge in [-0.2, -0.15) is 10.2 Å². The first-order valence-corrected chi connectivity index (χ1v) is 15.6. The molecule has 0 aliphatic carbocycles. The van der Waals surface area contributed by atoms with Crippen molar-refractivity contribution in [2.75, 3.05) is 31.2 Å². The molecule has 0 bridgehead atoms. The van der Waals surface area contributed by atoms with E-state index in [4.69, 9.17) is 14.8 Å². The van der Waals surface area contributed by atoms with Gasteiger partial charge in [-0.25, -0.2) is 14.6 Å². The number of aromatic nitrogens is 6. The molecule has 0 amide bonds. The van der Waals surface area contributed by atoms with Crippen molar-refractivity contribution in [3.05, 3.63) is 151 Å². The highest BCUT2D eigenvalue weighted by molar-refractivity contribution is 5.96. The molecular formula is C38H33N7O. The van der Waals surface area contributed by atoms with Crippen LogP contribution in [0.2, 0.25) is 0 Å². The first-order valence-electron chi connectivity index (χ1n) is 15.6. The number of anilines is 1. The molecule has 7 aromatic rings. The van der Waals surface area contributed by atoms with Crippen molar-refractivity contribution < 1.29 is 4.74 Å². The second kappa shape index (κ2) is 11.7. The van der Waals surface area contributed by atoms with Gasteiger partial charge in [0.05, 0.1) is 30.6 Å². The second-order valence-electron chi connectivity index (χ2n) is 11.6. The molecule has 4 heterocycles. The Morgan fingerprint density at radius 1 is 0.696 bits per heavy atom. The van der Waals surface area contributed by atoms with Gasteiger partial charge in [0.25, 0.3) is 0 Å². The molecular weight excluding hydrogens is 570 g/mol. The lowest BCUT2D eigenvalue weighted by molar-refractivity contribution is 0.122. The summed E-state index contributed by atoms with van der Waals surface area (Å²) in [5, 5.41) is 11.0. The topological polar surface area (TPSA) is 73.9 Å². The molecule has 1 saturated heterocycles. The van der Waals surface area contributed by atoms with E-state index >= 15 is 0 Å². The quantitative estimate of drug-likeness (QED) is 0.192. The number of morpholine rings is 1. The van der Waals surface area contributed by atoms with Crippen molar-refractivity contribution in [1.82, 2.24) is 29.5 Å². The van der Waals surface area contributed by atoms with E-state index < -0.39 is 5.54 Å². The Morgan fingerprint density at radius 3 is 1.91 bits per heavy atom. The maximum absolute atomic E-state index is 5.61. The highest BCUT2D eigenvalue weighted by atomic mass is 16.5. The van der Waals surface area contributed by atoms with Crippen LogP contribution in [0.3, 0.4) is 0 Å². The third-order valence-electron chi connectivity index (χ3n) is 8.84. The average molecular weight is 604 g/mol. The number of fused-ring (bicyclic) bond motifs is 1. The van der Waals surface area contributed by atoms with E-state index in [1.54, 1.807) is 6.33 Å². The summed E-state index contributed by atoms with van der Waals surface area (Å²) in [6.45, 7) is 2.93. The van der Waals surface area contributed by atoms with Crippen LogP contribution in [0.5, 0.6) is 0 Å². The predicted molar refractivity (Wildman–Crippen MR) is 181 cm³/mol. The third kappa shape index (κ3) is 4.74. The lowest BCUT2D eigenvalue weighted by Gasteiger charge is -2.37. The molecule has 1 aliphatic rings. The van der Waals surface area contributed by atoms with Gasteiger partial charge >= 0.3 is 0 Å². The second-order valence-corrected chi connectivity index (χ2v) is 11.6. The molecule has 8 rings (SSSR count). The van der Waals surface area contributed by atoms with Gasteiger partial charge in [0.15, 0.2) is 0 Å². The highest BCUT2D eigenvalue weighted by Crippen LogP contribution is 2.44. The molecule has 4 aromatic carbocycles. The fraction of sp³-hybridized carbons (Fsp3) is 0.158. The fourth-order valence-corrected chi connectivity index (χ4v) is 6.66. The minimum absolute atomic E-state index is 0.680. The zero-order valence-corrected chi connectivity index (χ0v) is 25.6. The van der Waals surface area contributed by atoms with Gasteiger partial charge in [0, 0.05) is 43.4 Å². The van der Waals surface area contributed by atoms with Gasteiger partial charge in [0.2, 0.25) is 0 Å². The van der Waals surface area contributed by atoms with E-state index in [-0.39, 0.29) is 0 Å². The molecule has 0 radical (unpaired) electrons. The average Bonchev–Trinajstić information content (AvgIpc) is 3.74. The zero-order valence-electron chi connectivity index (χ0n) is 25.6. The van der Waals surface area contributed by atoms with E-state index in [1.165, 1.54) is 0 Å². The largest absolute Gasteiger partial charge is 0.378 e. The maximum Gasteiger partial charge on any atom is 0.138 e. The van der Waals surface area contributed by atoms with Crippen LogP contribution in [0.15, 0.2) is 134 Å². The monoisotopic (exact) mass is 603 g/mol. The van der Waals surface area contributed by atoms with Crippen molar-refractivity contribution in [2.45, 2.75) is 5.54 Å². The lowest BCUT2D eigenvalue weighted by Crippen LogP contribution is -2.38. The normalized spacial score (nSPS) is 13.7. The Hall–Kier alpha value is -5.60. The molecule has 0 N–H and O–H groups in total. The summed E-state index contributed by atoms with van der Waals surface area (Å²) >= 11 is 0. The number of rotatable bonds is 7. The molecule has 0 atom stereocenters. The van der Waals surface area contributed by atoms with Gasteiger partial charge in [-0.15, -0.1) is 0 Å². The van der Waals surface area contributed by atoms with Crippen LogP contribution in [-0.2, 0) is 17.3 Å². The number of nitrogens with zero attached hydrogens (tertiary/aromatic N) is 7. The summed E-state index contributed by atoms with van der Waals surface area (Å²) < 4.78 is 9.63. The molecule has 3 aromatic heterocycles. The van der Waals surface area contributed by atoms with Gasteiger partial charge in [-0.3, -0.25) is 4.68 Å². The SMILES string of the molecule is Cn1cc(-c2ccc3c(c2)c(-c2cc(N4CCOCC4)ncn2)nn3C(c2ccccc2)(c2ccccc2)c2ccccc2)cn1. The van der Waals surface area contributed by atoms with Crippen molar-refractivity contribution in [3.8, 4) is 22.5 Å². The maximum atomic E-state index is 5.61. The van der Waals surface area contributed by atoms with E-state index in [0.717, 1.165) is 69.0 Å². The third-order valence-corrected chi connectivity index (χ3v) is 8.84. The van der Waals surface area contributed by atoms with Crippen molar-refractivity contribution >= 4 is 16.7 Å². The first-order chi connectivity index (χ1) is 22.7. The summed E-state index contributed by atoms with van der Waals surface area (Å²) in [6.07, 6.45) is 5.58. The standard InChI is InChI=1S/C38H33N7O/c1-43-26-29(25-41-43)28-17-18-35-33(23-28)37(34-24-36(40-27-39-34)44-19-21-46-22-20-44)42-45(35)38(30-11-5-2-6-12-30,31-13-7-3-8-14-31)32-15-9-4-10-16-32/h2-18,23-27H,19-22H2,1H3. The van der Waals surface area contributed by atoms with Crippen molar-refractivity contribution in [2.24, 2.45) is 7.05 Å². The summed E-state index contributed by atoms with van der Waals surface area (Å²) in [6, 6.07) is 40.6. The fourth-order valence-electron chi connectivity index (χ4n) is 6.66. The number of hydrogen-bond donors (Lipinski definition) is 0. The number of ether oxygens (including phenoxy) is 1. The van der Waals surface area contributed by atoms with Crippen LogP contribution in [0.1, 0.15) is 16.7 Å². The van der Waals surface area contributed by atoms with Crippen LogP contribution < -0.4 is 4.90 Å². The molecule has 226 valence electrons. The van der Waals surface area contributed by atoms with E-state index in [2.05, 4.69) is 135 Å². The van der Waals surface area contributed by atoms with Crippen molar-refractivity contribution in [3.63, 3.8) is 0 Å². The van der Waals surface area contributed by atoms with E-state index in [9.17, 15) is 0 Å². The first kappa shape index (κ1) is 27.9. The van der Waals surface area contributed by atoms with Gasteiger partial charge in [-0.1, -0.05) is 97.1 Å². The highest BCUT2D eigenvalue weighted by Gasteiger charge is 2.41. The van der Waals surface area contributed by atoms with Gasteiger partial charge in [-0.05, 0) is 34.4 Å². The smallest absolute Gasteiger partial charge is 0.138 e. The van der Waals surface area contributed by atoms with Gasteiger partial charge < -0.3 is 9.64 Å². The van der Waals surface area contributed by atoms with Crippen molar-refractivity contribution in [1.29, 1.82) is 0 Å². The summed E-state index contributed by atoms with van der Waals surface area (Å²) in [5.41, 5.74) is 7.20.